The molecule has 0 bridgehead atoms. The van der Waals surface area contributed by atoms with Gasteiger partial charge >= 0.3 is 0 Å². The van der Waals surface area contributed by atoms with E-state index in [9.17, 15) is 9.90 Å². The van der Waals surface area contributed by atoms with Crippen LogP contribution in [0.5, 0.6) is 11.5 Å². The Balaban J connectivity index is 3.38. The van der Waals surface area contributed by atoms with Crippen LogP contribution in [0.3, 0.4) is 0 Å². The van der Waals surface area contributed by atoms with Gasteiger partial charge in [0, 0.05) is 0 Å². The zero-order valence-electron chi connectivity index (χ0n) is 7.00. The van der Waals surface area contributed by atoms with Crippen molar-refractivity contribution in [3.63, 3.8) is 0 Å². The van der Waals surface area contributed by atoms with E-state index in [0.717, 1.165) is 5.56 Å². The molecule has 1 N–H and O–H groups in total. The molecule has 0 spiro atoms. The standard InChI is InChI=1S/C9H10O3/c1-6-3-4-8(11)9(12-2)7(6)5-10/h3-5,11H,1-2H3. The second-order valence-corrected chi connectivity index (χ2v) is 2.47. The van der Waals surface area contributed by atoms with E-state index in [1.165, 1.54) is 13.2 Å². The smallest absolute Gasteiger partial charge is 0.171 e. The van der Waals surface area contributed by atoms with Gasteiger partial charge in [-0.05, 0) is 18.6 Å². The molecule has 0 aliphatic heterocycles. The summed E-state index contributed by atoms with van der Waals surface area (Å²) >= 11 is 0. The molecule has 0 saturated heterocycles. The average Bonchev–Trinajstić information content (AvgIpc) is 2.08. The van der Waals surface area contributed by atoms with Crippen LogP contribution in [0.25, 0.3) is 0 Å². The zero-order valence-corrected chi connectivity index (χ0v) is 7.00. The fraction of sp³-hybridized carbons (Fsp3) is 0.222. The predicted molar refractivity (Wildman–Crippen MR) is 44.8 cm³/mol. The number of rotatable bonds is 2. The quantitative estimate of drug-likeness (QED) is 0.677. The van der Waals surface area contributed by atoms with E-state index in [0.29, 0.717) is 11.8 Å². The first-order chi connectivity index (χ1) is 5.70. The molecule has 12 heavy (non-hydrogen) atoms. The highest BCUT2D eigenvalue weighted by molar-refractivity contribution is 5.83. The van der Waals surface area contributed by atoms with Crippen LogP contribution >= 0.6 is 0 Å². The van der Waals surface area contributed by atoms with E-state index < -0.39 is 0 Å². The number of carbonyl (C=O) groups excluding carboxylic acids is 1. The summed E-state index contributed by atoms with van der Waals surface area (Å²) < 4.78 is 4.87. The molecule has 64 valence electrons. The SMILES string of the molecule is COc1c(O)ccc(C)c1C=O. The molecule has 0 aliphatic rings. The molecule has 0 saturated carbocycles. The number of carbonyl (C=O) groups is 1. The van der Waals surface area contributed by atoms with Crippen LogP contribution in [-0.2, 0) is 0 Å². The highest BCUT2D eigenvalue weighted by Crippen LogP contribution is 2.30. The highest BCUT2D eigenvalue weighted by Gasteiger charge is 2.09. The van der Waals surface area contributed by atoms with Gasteiger partial charge in [-0.2, -0.15) is 0 Å². The summed E-state index contributed by atoms with van der Waals surface area (Å²) in [5.41, 5.74) is 1.19. The molecule has 0 radical (unpaired) electrons. The highest BCUT2D eigenvalue weighted by atomic mass is 16.5. The van der Waals surface area contributed by atoms with Crippen molar-refractivity contribution in [2.75, 3.05) is 7.11 Å². The number of benzene rings is 1. The van der Waals surface area contributed by atoms with Crippen LogP contribution in [-0.4, -0.2) is 18.5 Å². The number of hydrogen-bond acceptors (Lipinski definition) is 3. The summed E-state index contributed by atoms with van der Waals surface area (Å²) in [6, 6.07) is 3.17. The molecule has 3 heteroatoms. The maximum Gasteiger partial charge on any atom is 0.171 e. The minimum absolute atomic E-state index is 0.00907. The Morgan fingerprint density at radius 1 is 1.50 bits per heavy atom. The van der Waals surface area contributed by atoms with Crippen molar-refractivity contribution in [1.82, 2.24) is 0 Å². The Labute approximate surface area is 70.6 Å². The number of aromatic hydroxyl groups is 1. The third-order valence-corrected chi connectivity index (χ3v) is 1.72. The lowest BCUT2D eigenvalue weighted by atomic mass is 10.1. The Morgan fingerprint density at radius 3 is 2.58 bits per heavy atom. The summed E-state index contributed by atoms with van der Waals surface area (Å²) in [7, 11) is 1.42. The van der Waals surface area contributed by atoms with Crippen molar-refractivity contribution >= 4 is 6.29 Å². The molecule has 1 rings (SSSR count). The van der Waals surface area contributed by atoms with Gasteiger partial charge in [0.1, 0.15) is 0 Å². The summed E-state index contributed by atoms with van der Waals surface area (Å²) in [6.07, 6.45) is 0.674. The third kappa shape index (κ3) is 1.25. The van der Waals surface area contributed by atoms with Crippen LogP contribution in [0, 0.1) is 6.92 Å². The number of hydrogen-bond donors (Lipinski definition) is 1. The Bertz CT molecular complexity index is 305. The Hall–Kier alpha value is -1.51. The van der Waals surface area contributed by atoms with Crippen LogP contribution in [0.2, 0.25) is 0 Å². The second-order valence-electron chi connectivity index (χ2n) is 2.47. The minimum Gasteiger partial charge on any atom is -0.504 e. The zero-order chi connectivity index (χ0) is 9.14. The third-order valence-electron chi connectivity index (χ3n) is 1.72. The van der Waals surface area contributed by atoms with Crippen molar-refractivity contribution in [3.05, 3.63) is 23.3 Å². The van der Waals surface area contributed by atoms with Gasteiger partial charge in [0.15, 0.2) is 17.8 Å². The van der Waals surface area contributed by atoms with Crippen molar-refractivity contribution in [1.29, 1.82) is 0 Å². The maximum absolute atomic E-state index is 10.6. The van der Waals surface area contributed by atoms with E-state index >= 15 is 0 Å². The first-order valence-corrected chi connectivity index (χ1v) is 3.52. The van der Waals surface area contributed by atoms with Crippen molar-refractivity contribution in [3.8, 4) is 11.5 Å². The van der Waals surface area contributed by atoms with Crippen molar-refractivity contribution in [2.45, 2.75) is 6.92 Å². The minimum atomic E-state index is -0.00907. The topological polar surface area (TPSA) is 46.5 Å². The van der Waals surface area contributed by atoms with E-state index in [2.05, 4.69) is 0 Å². The fourth-order valence-corrected chi connectivity index (χ4v) is 1.05. The van der Waals surface area contributed by atoms with Crippen LogP contribution in [0.15, 0.2) is 12.1 Å². The molecule has 0 unspecified atom stereocenters. The summed E-state index contributed by atoms with van der Waals surface area (Å²) in [4.78, 5) is 10.6. The summed E-state index contributed by atoms with van der Waals surface area (Å²) in [5, 5.41) is 9.26. The Kier molecular flexibility index (Phi) is 2.33. The van der Waals surface area contributed by atoms with E-state index in [4.69, 9.17) is 4.74 Å². The van der Waals surface area contributed by atoms with E-state index in [-0.39, 0.29) is 11.5 Å². The molecule has 0 fully saturated rings. The molecule has 1 aromatic rings. The van der Waals surface area contributed by atoms with Crippen LogP contribution in [0.1, 0.15) is 15.9 Å². The van der Waals surface area contributed by atoms with Crippen molar-refractivity contribution < 1.29 is 14.6 Å². The first-order valence-electron chi connectivity index (χ1n) is 3.52. The van der Waals surface area contributed by atoms with E-state index in [1.54, 1.807) is 13.0 Å². The van der Waals surface area contributed by atoms with Crippen LogP contribution < -0.4 is 4.74 Å². The molecule has 0 amide bonds. The Morgan fingerprint density at radius 2 is 2.17 bits per heavy atom. The largest absolute Gasteiger partial charge is 0.504 e. The predicted octanol–water partition coefficient (Wildman–Crippen LogP) is 1.52. The number of aryl methyl sites for hydroxylation is 1. The fourth-order valence-electron chi connectivity index (χ4n) is 1.05. The summed E-state index contributed by atoms with van der Waals surface area (Å²) in [6.45, 7) is 1.78. The lowest BCUT2D eigenvalue weighted by Gasteiger charge is -2.07. The van der Waals surface area contributed by atoms with Crippen molar-refractivity contribution in [2.24, 2.45) is 0 Å². The van der Waals surface area contributed by atoms with Gasteiger partial charge in [0.05, 0.1) is 12.7 Å². The van der Waals surface area contributed by atoms with Crippen LogP contribution in [0.4, 0.5) is 0 Å². The number of phenols is 1. The molecular weight excluding hydrogens is 156 g/mol. The second kappa shape index (κ2) is 3.26. The maximum atomic E-state index is 10.6. The molecule has 0 atom stereocenters. The van der Waals surface area contributed by atoms with Gasteiger partial charge in [-0.3, -0.25) is 4.79 Å². The lowest BCUT2D eigenvalue weighted by molar-refractivity contribution is 0.111. The van der Waals surface area contributed by atoms with Gasteiger partial charge in [0.25, 0.3) is 0 Å². The number of methoxy groups -OCH3 is 1. The van der Waals surface area contributed by atoms with Gasteiger partial charge in [-0.1, -0.05) is 6.07 Å². The lowest BCUT2D eigenvalue weighted by Crippen LogP contribution is -1.93. The number of phenolic OH excluding ortho intramolecular Hbond substituents is 1. The first kappa shape index (κ1) is 8.59. The summed E-state index contributed by atoms with van der Waals surface area (Å²) in [5.74, 6) is 0.232. The molecule has 3 nitrogen and oxygen atoms in total. The van der Waals surface area contributed by atoms with E-state index in [1.807, 2.05) is 0 Å². The average molecular weight is 166 g/mol. The molecule has 0 heterocycles. The monoisotopic (exact) mass is 166 g/mol. The molecule has 0 aliphatic carbocycles. The molecular formula is C9H10O3. The number of aldehydes is 1. The normalized spacial score (nSPS) is 9.50. The van der Waals surface area contributed by atoms with Gasteiger partial charge in [-0.15, -0.1) is 0 Å². The number of ether oxygens (including phenoxy) is 1. The van der Waals surface area contributed by atoms with Gasteiger partial charge in [-0.25, -0.2) is 0 Å². The van der Waals surface area contributed by atoms with Gasteiger partial charge in [0.2, 0.25) is 0 Å². The van der Waals surface area contributed by atoms with Gasteiger partial charge < -0.3 is 9.84 Å². The molecule has 1 aromatic carbocycles. The molecule has 0 aromatic heterocycles.